The van der Waals surface area contributed by atoms with Crippen molar-refractivity contribution in [2.24, 2.45) is 23.5 Å². The number of rotatable bonds is 4. The topological polar surface area (TPSA) is 46.3 Å². The molecule has 3 heteroatoms. The normalized spacial score (nSPS) is 33.8. The molecule has 130 valence electrons. The number of fused-ring (bicyclic) bond motifs is 4. The van der Waals surface area contributed by atoms with Gasteiger partial charge in [0.05, 0.1) is 0 Å². The maximum atomic E-state index is 11.6. The van der Waals surface area contributed by atoms with Crippen LogP contribution < -0.4 is 5.73 Å². The minimum atomic E-state index is -0.313. The van der Waals surface area contributed by atoms with E-state index in [-0.39, 0.29) is 11.3 Å². The number of carbonyl (C=O) groups is 1. The summed E-state index contributed by atoms with van der Waals surface area (Å²) in [5.41, 5.74) is 9.14. The number of benzene rings is 1. The van der Waals surface area contributed by atoms with Gasteiger partial charge in [-0.2, -0.15) is 0 Å². The highest BCUT2D eigenvalue weighted by atomic mass is 16.1. The Balaban J connectivity index is 1.64. The molecule has 1 aromatic rings. The second-order valence-electron chi connectivity index (χ2n) is 8.77. The number of carbonyl (C=O) groups excluding carboxylic acids is 1. The summed E-state index contributed by atoms with van der Waals surface area (Å²) in [7, 11) is 0. The number of hydrogen-bond acceptors (Lipinski definition) is 2. The molecule has 4 atom stereocenters. The van der Waals surface area contributed by atoms with Crippen molar-refractivity contribution in [3.8, 4) is 0 Å². The molecule has 2 fully saturated rings. The number of amides is 1. The van der Waals surface area contributed by atoms with E-state index in [9.17, 15) is 4.79 Å². The second kappa shape index (κ2) is 5.59. The average Bonchev–Trinajstić information content (AvgIpc) is 3.38. The van der Waals surface area contributed by atoms with Gasteiger partial charge in [-0.3, -0.25) is 9.69 Å². The molecule has 1 amide bonds. The van der Waals surface area contributed by atoms with Gasteiger partial charge in [0.25, 0.3) is 0 Å². The first-order valence-corrected chi connectivity index (χ1v) is 9.57. The molecule has 24 heavy (non-hydrogen) atoms. The van der Waals surface area contributed by atoms with E-state index in [4.69, 9.17) is 5.73 Å². The van der Waals surface area contributed by atoms with E-state index in [0.717, 1.165) is 18.3 Å². The summed E-state index contributed by atoms with van der Waals surface area (Å²) < 4.78 is 0. The predicted molar refractivity (Wildman–Crippen MR) is 97.0 cm³/mol. The van der Waals surface area contributed by atoms with E-state index in [1.54, 1.807) is 0 Å². The molecular formula is C21H30N2O. The fourth-order valence-electron chi connectivity index (χ4n) is 5.27. The Morgan fingerprint density at radius 1 is 1.42 bits per heavy atom. The molecule has 1 saturated heterocycles. The first-order valence-electron chi connectivity index (χ1n) is 9.57. The van der Waals surface area contributed by atoms with Gasteiger partial charge in [0.1, 0.15) is 0 Å². The van der Waals surface area contributed by atoms with Crippen molar-refractivity contribution in [1.29, 1.82) is 0 Å². The maximum absolute atomic E-state index is 11.6. The standard InChI is InChI=1S/C21H30N2O/c1-13(15-4-5-15)12-23-9-8-21(3)14(2)19(23)11-16-6-7-17(20(22)24)10-18(16)21/h6-7,10,13-15,19H,4-5,8-9,11-12H2,1-3H3,(H2,22,24)/t13-,14+,19?,21+/m1/s1. The van der Waals surface area contributed by atoms with Crippen LogP contribution in [0.15, 0.2) is 18.2 Å². The van der Waals surface area contributed by atoms with Crippen LogP contribution in [-0.2, 0) is 11.8 Å². The first kappa shape index (κ1) is 16.1. The third-order valence-electron chi connectivity index (χ3n) is 7.36. The monoisotopic (exact) mass is 326 g/mol. The van der Waals surface area contributed by atoms with Gasteiger partial charge < -0.3 is 5.73 Å². The lowest BCUT2D eigenvalue weighted by Gasteiger charge is -2.55. The second-order valence-corrected chi connectivity index (χ2v) is 8.77. The van der Waals surface area contributed by atoms with Gasteiger partial charge in [0, 0.05) is 18.2 Å². The lowest BCUT2D eigenvalue weighted by Crippen LogP contribution is -2.58. The van der Waals surface area contributed by atoms with Crippen LogP contribution in [0.25, 0.3) is 0 Å². The first-order chi connectivity index (χ1) is 11.4. The lowest BCUT2D eigenvalue weighted by molar-refractivity contribution is 0.0206. The Kier molecular flexibility index (Phi) is 3.76. The van der Waals surface area contributed by atoms with Crippen LogP contribution in [0.5, 0.6) is 0 Å². The summed E-state index contributed by atoms with van der Waals surface area (Å²) in [6.45, 7) is 9.69. The summed E-state index contributed by atoms with van der Waals surface area (Å²) in [6.07, 6.45) is 5.16. The van der Waals surface area contributed by atoms with E-state index in [1.165, 1.54) is 43.5 Å². The fourth-order valence-corrected chi connectivity index (χ4v) is 5.27. The molecule has 1 unspecified atom stereocenters. The van der Waals surface area contributed by atoms with E-state index in [2.05, 4.69) is 37.8 Å². The molecule has 2 N–H and O–H groups in total. The smallest absolute Gasteiger partial charge is 0.248 e. The zero-order valence-electron chi connectivity index (χ0n) is 15.2. The van der Waals surface area contributed by atoms with Crippen LogP contribution in [-0.4, -0.2) is 29.9 Å². The Hall–Kier alpha value is -1.35. The summed E-state index contributed by atoms with van der Waals surface area (Å²) in [5, 5.41) is 0. The quantitative estimate of drug-likeness (QED) is 0.922. The van der Waals surface area contributed by atoms with Crippen molar-refractivity contribution in [2.75, 3.05) is 13.1 Å². The number of hydrogen-bond donors (Lipinski definition) is 1. The Labute approximate surface area is 145 Å². The molecule has 1 aromatic carbocycles. The molecule has 0 spiro atoms. The number of nitrogens with two attached hydrogens (primary N) is 1. The van der Waals surface area contributed by atoms with Gasteiger partial charge in [-0.1, -0.05) is 26.8 Å². The molecule has 1 aliphatic heterocycles. The maximum Gasteiger partial charge on any atom is 0.248 e. The average molecular weight is 326 g/mol. The van der Waals surface area contributed by atoms with Gasteiger partial charge in [0.2, 0.25) is 5.91 Å². The Morgan fingerprint density at radius 2 is 2.17 bits per heavy atom. The van der Waals surface area contributed by atoms with Gasteiger partial charge in [-0.05, 0) is 78.7 Å². The SMILES string of the molecule is C[C@H](CN1CC[C@]2(C)c3cc(C(N)=O)ccc3CC1[C@@H]2C)C1CC1. The van der Waals surface area contributed by atoms with Gasteiger partial charge >= 0.3 is 0 Å². The van der Waals surface area contributed by atoms with Crippen molar-refractivity contribution in [2.45, 2.75) is 57.9 Å². The molecule has 3 nitrogen and oxygen atoms in total. The van der Waals surface area contributed by atoms with Crippen molar-refractivity contribution in [3.63, 3.8) is 0 Å². The minimum Gasteiger partial charge on any atom is -0.366 e. The van der Waals surface area contributed by atoms with E-state index >= 15 is 0 Å². The molecule has 1 saturated carbocycles. The van der Waals surface area contributed by atoms with Crippen LogP contribution in [0, 0.1) is 17.8 Å². The Morgan fingerprint density at radius 3 is 2.83 bits per heavy atom. The molecule has 1 heterocycles. The highest BCUT2D eigenvalue weighted by molar-refractivity contribution is 5.93. The molecule has 3 aliphatic rings. The summed E-state index contributed by atoms with van der Waals surface area (Å²) in [4.78, 5) is 14.4. The minimum absolute atomic E-state index is 0.170. The van der Waals surface area contributed by atoms with Gasteiger partial charge in [-0.25, -0.2) is 0 Å². The highest BCUT2D eigenvalue weighted by Crippen LogP contribution is 2.49. The van der Waals surface area contributed by atoms with E-state index in [1.807, 2.05) is 6.07 Å². The lowest BCUT2D eigenvalue weighted by atomic mass is 9.58. The Bertz CT molecular complexity index is 666. The van der Waals surface area contributed by atoms with Gasteiger partial charge in [-0.15, -0.1) is 0 Å². The number of piperidine rings is 1. The number of primary amides is 1. The molecular weight excluding hydrogens is 296 g/mol. The van der Waals surface area contributed by atoms with Crippen LogP contribution in [0.4, 0.5) is 0 Å². The van der Waals surface area contributed by atoms with Crippen LogP contribution in [0.2, 0.25) is 0 Å². The molecule has 2 aliphatic carbocycles. The third-order valence-corrected chi connectivity index (χ3v) is 7.36. The van der Waals surface area contributed by atoms with E-state index < -0.39 is 0 Å². The van der Waals surface area contributed by atoms with Crippen LogP contribution in [0.1, 0.15) is 61.5 Å². The van der Waals surface area contributed by atoms with Crippen molar-refractivity contribution >= 4 is 5.91 Å². The molecule has 0 radical (unpaired) electrons. The van der Waals surface area contributed by atoms with Gasteiger partial charge in [0.15, 0.2) is 0 Å². The number of likely N-dealkylation sites (tertiary alicyclic amines) is 1. The van der Waals surface area contributed by atoms with E-state index in [0.29, 0.717) is 17.5 Å². The van der Waals surface area contributed by atoms with Crippen LogP contribution in [0.3, 0.4) is 0 Å². The molecule has 0 aromatic heterocycles. The zero-order chi connectivity index (χ0) is 17.1. The third kappa shape index (κ3) is 2.48. The summed E-state index contributed by atoms with van der Waals surface area (Å²) >= 11 is 0. The summed E-state index contributed by atoms with van der Waals surface area (Å²) in [5.74, 6) is 2.11. The van der Waals surface area contributed by atoms with Crippen molar-refractivity contribution in [1.82, 2.24) is 4.90 Å². The highest BCUT2D eigenvalue weighted by Gasteiger charge is 2.48. The largest absolute Gasteiger partial charge is 0.366 e. The fraction of sp³-hybridized carbons (Fsp3) is 0.667. The molecule has 4 rings (SSSR count). The summed E-state index contributed by atoms with van der Waals surface area (Å²) in [6, 6.07) is 6.78. The van der Waals surface area contributed by atoms with Crippen LogP contribution >= 0.6 is 0 Å². The van der Waals surface area contributed by atoms with Crippen molar-refractivity contribution < 1.29 is 4.79 Å². The predicted octanol–water partition coefficient (Wildman–Crippen LogP) is 3.36. The zero-order valence-corrected chi connectivity index (χ0v) is 15.2. The number of nitrogens with zero attached hydrogens (tertiary/aromatic N) is 1. The van der Waals surface area contributed by atoms with Crippen molar-refractivity contribution in [3.05, 3.63) is 34.9 Å². The molecule has 2 bridgehead atoms.